The van der Waals surface area contributed by atoms with E-state index in [1.54, 1.807) is 27.7 Å². The van der Waals surface area contributed by atoms with Crippen molar-refractivity contribution in [3.8, 4) is 23.0 Å². The molecule has 2 aliphatic heterocycles. The van der Waals surface area contributed by atoms with E-state index >= 15 is 0 Å². The van der Waals surface area contributed by atoms with Gasteiger partial charge in [-0.05, 0) is 42.0 Å². The van der Waals surface area contributed by atoms with E-state index in [4.69, 9.17) is 18.9 Å². The summed E-state index contributed by atoms with van der Waals surface area (Å²) in [5.74, 6) is 3.52. The van der Waals surface area contributed by atoms with Crippen LogP contribution in [0, 0.1) is 0 Å². The Bertz CT molecular complexity index is 1440. The highest BCUT2D eigenvalue weighted by Crippen LogP contribution is 2.51. The Morgan fingerprint density at radius 3 is 2.54 bits per heavy atom. The third kappa shape index (κ3) is 3.37. The predicted octanol–water partition coefficient (Wildman–Crippen LogP) is 4.86. The molecule has 8 heteroatoms. The zero-order valence-corrected chi connectivity index (χ0v) is 19.6. The monoisotopic (exact) mass is 468 g/mol. The lowest BCUT2D eigenvalue weighted by Crippen LogP contribution is -2.32. The lowest BCUT2D eigenvalue weighted by molar-refractivity contribution is 0.222. The second-order valence-corrected chi connectivity index (χ2v) is 8.27. The minimum absolute atomic E-state index is 0.298. The van der Waals surface area contributed by atoms with Gasteiger partial charge in [-0.2, -0.15) is 10.1 Å². The average molecular weight is 469 g/mol. The molecule has 6 rings (SSSR count). The van der Waals surface area contributed by atoms with Gasteiger partial charge in [0.25, 0.3) is 0 Å². The van der Waals surface area contributed by atoms with E-state index < -0.39 is 6.10 Å². The molecular weight excluding hydrogens is 444 g/mol. The number of benzene rings is 3. The Hall–Kier alpha value is -4.46. The summed E-state index contributed by atoms with van der Waals surface area (Å²) < 4.78 is 25.2. The third-order valence-electron chi connectivity index (χ3n) is 6.44. The fraction of sp³-hybridized carbons (Fsp3) is 0.185. The molecule has 1 aromatic heterocycles. The summed E-state index contributed by atoms with van der Waals surface area (Å²) in [6.45, 7) is 0. The lowest BCUT2D eigenvalue weighted by atomic mass is 9.84. The fourth-order valence-corrected chi connectivity index (χ4v) is 4.84. The Kier molecular flexibility index (Phi) is 5.06. The van der Waals surface area contributed by atoms with Crippen LogP contribution < -0.4 is 24.3 Å². The molecule has 176 valence electrons. The minimum Gasteiger partial charge on any atom is -0.497 e. The number of nitrogens with one attached hydrogen (secondary N) is 1. The first-order chi connectivity index (χ1) is 17.2. The van der Waals surface area contributed by atoms with E-state index in [-0.39, 0.29) is 6.04 Å². The number of rotatable bonds is 5. The second kappa shape index (κ2) is 8.39. The zero-order chi connectivity index (χ0) is 23.9. The van der Waals surface area contributed by atoms with Gasteiger partial charge in [-0.15, -0.1) is 0 Å². The summed E-state index contributed by atoms with van der Waals surface area (Å²) in [4.78, 5) is 4.49. The molecule has 2 aliphatic rings. The van der Waals surface area contributed by atoms with Crippen LogP contribution in [0.15, 0.2) is 78.6 Å². The highest BCUT2D eigenvalue weighted by Gasteiger charge is 2.41. The topological polar surface area (TPSA) is 79.7 Å². The molecule has 0 amide bonds. The van der Waals surface area contributed by atoms with Crippen molar-refractivity contribution in [1.29, 1.82) is 0 Å². The maximum atomic E-state index is 6.66. The van der Waals surface area contributed by atoms with Gasteiger partial charge < -0.3 is 24.3 Å². The SMILES string of the molecule is COc1cccc(C2Oc3ccccc3C3=C2C(c2ccc(OC)c(OC)c2)n2ncnc2N3)c1. The van der Waals surface area contributed by atoms with E-state index in [0.29, 0.717) is 17.4 Å². The molecule has 0 saturated heterocycles. The molecule has 2 atom stereocenters. The number of nitrogens with zero attached hydrogens (tertiary/aromatic N) is 3. The summed E-state index contributed by atoms with van der Waals surface area (Å²) in [7, 11) is 4.93. The number of methoxy groups -OCH3 is 3. The van der Waals surface area contributed by atoms with Gasteiger partial charge in [-0.25, -0.2) is 4.68 Å². The van der Waals surface area contributed by atoms with Gasteiger partial charge in [0.1, 0.15) is 30.0 Å². The first-order valence-electron chi connectivity index (χ1n) is 11.2. The van der Waals surface area contributed by atoms with Gasteiger partial charge in [0, 0.05) is 16.7 Å². The normalized spacial score (nSPS) is 17.9. The third-order valence-corrected chi connectivity index (χ3v) is 6.44. The van der Waals surface area contributed by atoms with E-state index in [0.717, 1.165) is 39.5 Å². The summed E-state index contributed by atoms with van der Waals surface area (Å²) in [5, 5.41) is 8.09. The molecule has 0 spiro atoms. The van der Waals surface area contributed by atoms with Crippen LogP contribution in [-0.4, -0.2) is 36.1 Å². The van der Waals surface area contributed by atoms with Crippen LogP contribution in [0.5, 0.6) is 23.0 Å². The summed E-state index contributed by atoms with van der Waals surface area (Å²) in [6.07, 6.45) is 1.17. The number of para-hydroxylation sites is 1. The van der Waals surface area contributed by atoms with Gasteiger partial charge >= 0.3 is 0 Å². The number of hydrogen-bond acceptors (Lipinski definition) is 7. The molecule has 0 fully saturated rings. The van der Waals surface area contributed by atoms with E-state index in [1.807, 2.05) is 65.3 Å². The molecule has 8 nitrogen and oxygen atoms in total. The first kappa shape index (κ1) is 21.1. The number of hydrogen-bond donors (Lipinski definition) is 1. The van der Waals surface area contributed by atoms with E-state index in [1.165, 1.54) is 0 Å². The van der Waals surface area contributed by atoms with Gasteiger partial charge in [0.2, 0.25) is 5.95 Å². The number of anilines is 1. The molecule has 4 aromatic rings. The van der Waals surface area contributed by atoms with Gasteiger partial charge in [-0.3, -0.25) is 0 Å². The number of aromatic nitrogens is 3. The zero-order valence-electron chi connectivity index (χ0n) is 19.6. The Labute approximate surface area is 202 Å². The quantitative estimate of drug-likeness (QED) is 0.448. The van der Waals surface area contributed by atoms with Crippen LogP contribution in [-0.2, 0) is 0 Å². The van der Waals surface area contributed by atoms with Gasteiger partial charge in [-0.1, -0.05) is 30.3 Å². The van der Waals surface area contributed by atoms with Crippen LogP contribution in [0.25, 0.3) is 5.70 Å². The van der Waals surface area contributed by atoms with Crippen LogP contribution >= 0.6 is 0 Å². The van der Waals surface area contributed by atoms with Crippen molar-refractivity contribution in [2.24, 2.45) is 0 Å². The average Bonchev–Trinajstić information content (AvgIpc) is 3.39. The van der Waals surface area contributed by atoms with Crippen LogP contribution in [0.2, 0.25) is 0 Å². The largest absolute Gasteiger partial charge is 0.497 e. The molecule has 35 heavy (non-hydrogen) atoms. The van der Waals surface area contributed by atoms with E-state index in [9.17, 15) is 0 Å². The van der Waals surface area contributed by atoms with Crippen LogP contribution in [0.4, 0.5) is 5.95 Å². The molecule has 0 aliphatic carbocycles. The highest BCUT2D eigenvalue weighted by molar-refractivity contribution is 5.85. The molecule has 0 bridgehead atoms. The fourth-order valence-electron chi connectivity index (χ4n) is 4.84. The van der Waals surface area contributed by atoms with Gasteiger partial charge in [0.15, 0.2) is 11.5 Å². The maximum Gasteiger partial charge on any atom is 0.226 e. The number of ether oxygens (including phenoxy) is 4. The van der Waals surface area contributed by atoms with Crippen molar-refractivity contribution >= 4 is 11.6 Å². The summed E-state index contributed by atoms with van der Waals surface area (Å²) in [6, 6.07) is 21.6. The minimum atomic E-state index is -0.391. The van der Waals surface area contributed by atoms with Crippen molar-refractivity contribution < 1.29 is 18.9 Å². The molecule has 3 heterocycles. The number of fused-ring (bicyclic) bond motifs is 3. The standard InChI is InChI=1S/C27H24N4O4/c1-32-18-8-6-7-17(13-18)26-23-24(19-9-4-5-10-20(19)35-26)30-27-28-15-29-31(27)25(23)16-11-12-21(33-2)22(14-16)34-3/h4-15,25-26H,1-3H3,(H,28,29,30). The maximum absolute atomic E-state index is 6.66. The lowest BCUT2D eigenvalue weighted by Gasteiger charge is -2.39. The smallest absolute Gasteiger partial charge is 0.226 e. The van der Waals surface area contributed by atoms with Crippen molar-refractivity contribution in [2.45, 2.75) is 12.1 Å². The van der Waals surface area contributed by atoms with Crippen molar-refractivity contribution in [2.75, 3.05) is 26.6 Å². The second-order valence-electron chi connectivity index (χ2n) is 8.27. The molecule has 0 radical (unpaired) electrons. The Morgan fingerprint density at radius 2 is 1.71 bits per heavy atom. The van der Waals surface area contributed by atoms with Crippen LogP contribution in [0.1, 0.15) is 28.8 Å². The Morgan fingerprint density at radius 1 is 0.857 bits per heavy atom. The van der Waals surface area contributed by atoms with Crippen molar-refractivity contribution in [3.63, 3.8) is 0 Å². The van der Waals surface area contributed by atoms with Crippen LogP contribution in [0.3, 0.4) is 0 Å². The predicted molar refractivity (Wildman–Crippen MR) is 131 cm³/mol. The highest BCUT2D eigenvalue weighted by atomic mass is 16.5. The van der Waals surface area contributed by atoms with Crippen molar-refractivity contribution in [1.82, 2.24) is 14.8 Å². The first-order valence-corrected chi connectivity index (χ1v) is 11.2. The molecule has 2 unspecified atom stereocenters. The molecule has 0 saturated carbocycles. The molecular formula is C27H24N4O4. The van der Waals surface area contributed by atoms with Gasteiger partial charge in [0.05, 0.1) is 27.0 Å². The Balaban J connectivity index is 1.61. The molecule has 1 N–H and O–H groups in total. The van der Waals surface area contributed by atoms with Crippen molar-refractivity contribution in [3.05, 3.63) is 95.3 Å². The summed E-state index contributed by atoms with van der Waals surface area (Å²) in [5.41, 5.74) is 4.89. The summed E-state index contributed by atoms with van der Waals surface area (Å²) >= 11 is 0. The molecule has 3 aromatic carbocycles. The van der Waals surface area contributed by atoms with E-state index in [2.05, 4.69) is 21.5 Å².